The van der Waals surface area contributed by atoms with Crippen LogP contribution in [0.25, 0.3) is 0 Å². The summed E-state index contributed by atoms with van der Waals surface area (Å²) in [6.07, 6.45) is -3.70. The third-order valence-electron chi connectivity index (χ3n) is 5.00. The number of hydrogen-bond acceptors (Lipinski definition) is 4. The van der Waals surface area contributed by atoms with Gasteiger partial charge in [0.1, 0.15) is 5.75 Å². The summed E-state index contributed by atoms with van der Waals surface area (Å²) in [5.41, 5.74) is 1.43. The van der Waals surface area contributed by atoms with Crippen LogP contribution in [0.4, 0.5) is 18.9 Å². The van der Waals surface area contributed by atoms with Crippen molar-refractivity contribution in [3.05, 3.63) is 59.1 Å². The number of carbonyl (C=O) groups excluding carboxylic acids is 2. The summed E-state index contributed by atoms with van der Waals surface area (Å²) in [7, 11) is 0. The van der Waals surface area contributed by atoms with Gasteiger partial charge in [0.15, 0.2) is 0 Å². The van der Waals surface area contributed by atoms with Crippen molar-refractivity contribution in [1.82, 2.24) is 9.80 Å². The fourth-order valence-electron chi connectivity index (χ4n) is 3.36. The molecule has 1 heterocycles. The van der Waals surface area contributed by atoms with Crippen molar-refractivity contribution < 1.29 is 27.5 Å². The van der Waals surface area contributed by atoms with Crippen LogP contribution < -0.4 is 10.1 Å². The fraction of sp³-hybridized carbons (Fsp3) is 0.364. The van der Waals surface area contributed by atoms with E-state index >= 15 is 0 Å². The molecule has 2 amide bonds. The Morgan fingerprint density at radius 2 is 1.59 bits per heavy atom. The monoisotopic (exact) mass is 469 g/mol. The number of aryl methyl sites for hydroxylation is 1. The summed E-state index contributed by atoms with van der Waals surface area (Å²) < 4.78 is 40.4. The lowest BCUT2D eigenvalue weighted by Gasteiger charge is -2.34. The molecule has 172 valence electrons. The number of amides is 2. The molecule has 0 bridgehead atoms. The molecule has 1 fully saturated rings. The second kappa shape index (κ2) is 10.7. The minimum absolute atomic E-state index is 0.0743. The van der Waals surface area contributed by atoms with Crippen LogP contribution in [0.2, 0.25) is 5.02 Å². The minimum atomic E-state index is -4.76. The molecular formula is C22H23ClF3N3O3. The Kier molecular flexibility index (Phi) is 7.98. The first-order valence-electron chi connectivity index (χ1n) is 10.1. The van der Waals surface area contributed by atoms with E-state index in [-0.39, 0.29) is 24.1 Å². The van der Waals surface area contributed by atoms with Crippen molar-refractivity contribution in [3.8, 4) is 5.75 Å². The van der Waals surface area contributed by atoms with Crippen LogP contribution in [0, 0.1) is 0 Å². The van der Waals surface area contributed by atoms with Gasteiger partial charge in [-0.3, -0.25) is 14.5 Å². The average Bonchev–Trinajstić information content (AvgIpc) is 2.74. The molecule has 32 heavy (non-hydrogen) atoms. The van der Waals surface area contributed by atoms with E-state index in [1.807, 2.05) is 17.0 Å². The standard InChI is InChI=1S/C22H23ClF3N3O3/c23-17-4-1-16(2-5-17)3-10-21(31)29-13-11-28(12-14-29)15-20(30)27-18-6-8-19(9-7-18)32-22(24,25)26/h1-2,4-9H,3,10-15H2,(H,27,30). The van der Waals surface area contributed by atoms with E-state index in [1.165, 1.54) is 12.1 Å². The molecule has 2 aromatic carbocycles. The molecule has 10 heteroatoms. The fourth-order valence-corrected chi connectivity index (χ4v) is 3.49. The van der Waals surface area contributed by atoms with E-state index in [0.29, 0.717) is 49.7 Å². The van der Waals surface area contributed by atoms with Crippen LogP contribution >= 0.6 is 11.6 Å². The molecule has 1 aliphatic heterocycles. The van der Waals surface area contributed by atoms with Gasteiger partial charge in [-0.1, -0.05) is 23.7 Å². The van der Waals surface area contributed by atoms with Gasteiger partial charge in [0.2, 0.25) is 11.8 Å². The van der Waals surface area contributed by atoms with Crippen LogP contribution in [0.1, 0.15) is 12.0 Å². The summed E-state index contributed by atoms with van der Waals surface area (Å²) in [6, 6.07) is 12.4. The maximum absolute atomic E-state index is 12.4. The predicted octanol–water partition coefficient (Wildman–Crippen LogP) is 3.95. The lowest BCUT2D eigenvalue weighted by Crippen LogP contribution is -2.50. The molecule has 0 atom stereocenters. The first-order valence-corrected chi connectivity index (χ1v) is 10.5. The van der Waals surface area contributed by atoms with Gasteiger partial charge < -0.3 is 15.0 Å². The van der Waals surface area contributed by atoms with Crippen LogP contribution in [-0.4, -0.2) is 60.7 Å². The van der Waals surface area contributed by atoms with Gasteiger partial charge in [0.05, 0.1) is 6.54 Å². The van der Waals surface area contributed by atoms with Crippen molar-refractivity contribution in [2.75, 3.05) is 38.0 Å². The number of nitrogens with zero attached hydrogens (tertiary/aromatic N) is 2. The molecule has 0 unspecified atom stereocenters. The van der Waals surface area contributed by atoms with Crippen molar-refractivity contribution in [2.45, 2.75) is 19.2 Å². The van der Waals surface area contributed by atoms with Crippen LogP contribution in [0.15, 0.2) is 48.5 Å². The van der Waals surface area contributed by atoms with Gasteiger partial charge in [-0.2, -0.15) is 0 Å². The number of piperazine rings is 1. The molecule has 3 rings (SSSR count). The Balaban J connectivity index is 1.38. The number of ether oxygens (including phenoxy) is 1. The van der Waals surface area contributed by atoms with Gasteiger partial charge in [-0.15, -0.1) is 13.2 Å². The third-order valence-corrected chi connectivity index (χ3v) is 5.26. The highest BCUT2D eigenvalue weighted by Crippen LogP contribution is 2.24. The zero-order valence-electron chi connectivity index (χ0n) is 17.2. The molecular weight excluding hydrogens is 447 g/mol. The van der Waals surface area contributed by atoms with E-state index in [1.54, 1.807) is 17.0 Å². The van der Waals surface area contributed by atoms with E-state index in [0.717, 1.165) is 17.7 Å². The number of hydrogen-bond donors (Lipinski definition) is 1. The molecule has 0 aliphatic carbocycles. The summed E-state index contributed by atoms with van der Waals surface area (Å²) in [5, 5.41) is 3.31. The van der Waals surface area contributed by atoms with Gasteiger partial charge in [-0.25, -0.2) is 0 Å². The Bertz CT molecular complexity index is 913. The summed E-state index contributed by atoms with van der Waals surface area (Å²) in [4.78, 5) is 28.4. The maximum atomic E-state index is 12.4. The van der Waals surface area contributed by atoms with Crippen molar-refractivity contribution in [2.24, 2.45) is 0 Å². The second-order valence-corrected chi connectivity index (χ2v) is 7.84. The van der Waals surface area contributed by atoms with Crippen LogP contribution in [-0.2, 0) is 16.0 Å². The molecule has 1 N–H and O–H groups in total. The van der Waals surface area contributed by atoms with E-state index < -0.39 is 6.36 Å². The SMILES string of the molecule is O=C(CN1CCN(C(=O)CCc2ccc(Cl)cc2)CC1)Nc1ccc(OC(F)(F)F)cc1. The molecule has 0 radical (unpaired) electrons. The predicted molar refractivity (Wildman–Crippen MR) is 115 cm³/mol. The maximum Gasteiger partial charge on any atom is 0.573 e. The first kappa shape index (κ1) is 23.9. The lowest BCUT2D eigenvalue weighted by molar-refractivity contribution is -0.274. The number of anilines is 1. The van der Waals surface area contributed by atoms with Gasteiger partial charge in [0.25, 0.3) is 0 Å². The first-order chi connectivity index (χ1) is 15.2. The molecule has 1 aliphatic rings. The van der Waals surface area contributed by atoms with Crippen LogP contribution in [0.3, 0.4) is 0 Å². The van der Waals surface area contributed by atoms with Crippen LogP contribution in [0.5, 0.6) is 5.75 Å². The van der Waals surface area contributed by atoms with E-state index in [4.69, 9.17) is 11.6 Å². The highest BCUT2D eigenvalue weighted by Gasteiger charge is 2.31. The highest BCUT2D eigenvalue weighted by atomic mass is 35.5. The molecule has 6 nitrogen and oxygen atoms in total. The molecule has 1 saturated heterocycles. The molecule has 0 aromatic heterocycles. The zero-order valence-corrected chi connectivity index (χ0v) is 18.0. The van der Waals surface area contributed by atoms with Crippen molar-refractivity contribution in [1.29, 1.82) is 0 Å². The van der Waals surface area contributed by atoms with E-state index in [9.17, 15) is 22.8 Å². The number of carbonyl (C=O) groups is 2. The minimum Gasteiger partial charge on any atom is -0.406 e. The van der Waals surface area contributed by atoms with Gasteiger partial charge in [0, 0.05) is 43.3 Å². The van der Waals surface area contributed by atoms with Gasteiger partial charge >= 0.3 is 6.36 Å². The van der Waals surface area contributed by atoms with Crippen molar-refractivity contribution in [3.63, 3.8) is 0 Å². The number of nitrogens with one attached hydrogen (secondary N) is 1. The number of rotatable bonds is 7. The number of benzene rings is 2. The quantitative estimate of drug-likeness (QED) is 0.667. The average molecular weight is 470 g/mol. The highest BCUT2D eigenvalue weighted by molar-refractivity contribution is 6.30. The summed E-state index contributed by atoms with van der Waals surface area (Å²) in [5.74, 6) is -0.561. The Labute approximate surface area is 188 Å². The van der Waals surface area contributed by atoms with Gasteiger partial charge in [-0.05, 0) is 48.4 Å². The zero-order chi connectivity index (χ0) is 23.1. The topological polar surface area (TPSA) is 61.9 Å². The largest absolute Gasteiger partial charge is 0.573 e. The molecule has 0 saturated carbocycles. The van der Waals surface area contributed by atoms with E-state index in [2.05, 4.69) is 10.1 Å². The van der Waals surface area contributed by atoms with Crippen molar-refractivity contribution >= 4 is 29.1 Å². The lowest BCUT2D eigenvalue weighted by atomic mass is 10.1. The second-order valence-electron chi connectivity index (χ2n) is 7.40. The Morgan fingerprint density at radius 3 is 2.19 bits per heavy atom. The smallest absolute Gasteiger partial charge is 0.406 e. The number of halogens is 4. The Hall–Kier alpha value is -2.78. The number of alkyl halides is 3. The summed E-state index contributed by atoms with van der Waals surface area (Å²) >= 11 is 5.87. The normalized spacial score (nSPS) is 14.8. The molecule has 2 aromatic rings. The third kappa shape index (κ3) is 7.72. The molecule has 0 spiro atoms. The summed E-state index contributed by atoms with van der Waals surface area (Å²) in [6.45, 7) is 2.34. The Morgan fingerprint density at radius 1 is 0.969 bits per heavy atom.